The zero-order valence-electron chi connectivity index (χ0n) is 11.5. The van der Waals surface area contributed by atoms with Gasteiger partial charge in [0.25, 0.3) is 0 Å². The van der Waals surface area contributed by atoms with Crippen molar-refractivity contribution < 1.29 is 4.74 Å². The van der Waals surface area contributed by atoms with E-state index < -0.39 is 0 Å². The highest BCUT2D eigenvalue weighted by atomic mass is 32.2. The van der Waals surface area contributed by atoms with Gasteiger partial charge in [-0.05, 0) is 18.9 Å². The van der Waals surface area contributed by atoms with Crippen molar-refractivity contribution in [1.82, 2.24) is 10.2 Å². The van der Waals surface area contributed by atoms with Gasteiger partial charge in [0, 0.05) is 24.9 Å². The van der Waals surface area contributed by atoms with E-state index in [1.165, 1.54) is 13.0 Å². The summed E-state index contributed by atoms with van der Waals surface area (Å²) < 4.78 is 5.34. The molecule has 2 rings (SSSR count). The lowest BCUT2D eigenvalue weighted by Gasteiger charge is -2.26. The van der Waals surface area contributed by atoms with E-state index in [1.807, 2.05) is 11.8 Å². The number of hydrogen-bond donors (Lipinski definition) is 1. The first-order valence-corrected chi connectivity index (χ1v) is 7.89. The van der Waals surface area contributed by atoms with Crippen LogP contribution in [-0.2, 0) is 4.74 Å². The van der Waals surface area contributed by atoms with Crippen LogP contribution in [0.1, 0.15) is 20.3 Å². The fourth-order valence-electron chi connectivity index (χ4n) is 2.16. The summed E-state index contributed by atoms with van der Waals surface area (Å²) in [6.45, 7) is 11.7. The van der Waals surface area contributed by atoms with E-state index in [0.717, 1.165) is 44.6 Å². The third-order valence-corrected chi connectivity index (χ3v) is 4.95. The van der Waals surface area contributed by atoms with Gasteiger partial charge in [-0.25, -0.2) is 0 Å². The summed E-state index contributed by atoms with van der Waals surface area (Å²) >= 11 is 1.91. The summed E-state index contributed by atoms with van der Waals surface area (Å²) in [7, 11) is 0. The molecule has 2 heterocycles. The van der Waals surface area contributed by atoms with Crippen LogP contribution in [0.4, 0.5) is 0 Å². The summed E-state index contributed by atoms with van der Waals surface area (Å²) in [6, 6.07) is 0. The van der Waals surface area contributed by atoms with Crippen molar-refractivity contribution in [3.8, 4) is 0 Å². The molecule has 1 fully saturated rings. The van der Waals surface area contributed by atoms with Crippen LogP contribution in [0.2, 0.25) is 0 Å². The molecule has 1 unspecified atom stereocenters. The lowest BCUT2D eigenvalue weighted by Crippen LogP contribution is -2.38. The van der Waals surface area contributed by atoms with Crippen molar-refractivity contribution in [1.29, 1.82) is 0 Å². The van der Waals surface area contributed by atoms with Gasteiger partial charge in [-0.3, -0.25) is 9.89 Å². The predicted octanol–water partition coefficient (Wildman–Crippen LogP) is 1.43. The Morgan fingerprint density at radius 2 is 2.22 bits per heavy atom. The van der Waals surface area contributed by atoms with E-state index in [2.05, 4.69) is 29.1 Å². The van der Waals surface area contributed by atoms with E-state index in [1.54, 1.807) is 0 Å². The molecule has 18 heavy (non-hydrogen) atoms. The van der Waals surface area contributed by atoms with Crippen LogP contribution in [-0.4, -0.2) is 61.3 Å². The quantitative estimate of drug-likeness (QED) is 0.768. The van der Waals surface area contributed by atoms with Gasteiger partial charge in [0.05, 0.1) is 19.8 Å². The largest absolute Gasteiger partial charge is 0.379 e. The Hall–Kier alpha value is -0.260. The number of ether oxygens (including phenoxy) is 1. The number of nitrogens with zero attached hydrogens (tertiary/aromatic N) is 2. The minimum Gasteiger partial charge on any atom is -0.379 e. The topological polar surface area (TPSA) is 36.9 Å². The average molecular weight is 271 g/mol. The highest BCUT2D eigenvalue weighted by molar-refractivity contribution is 8.14. The predicted molar refractivity (Wildman–Crippen MR) is 78.4 cm³/mol. The second-order valence-electron chi connectivity index (χ2n) is 5.28. The van der Waals surface area contributed by atoms with Crippen molar-refractivity contribution in [3.05, 3.63) is 0 Å². The first kappa shape index (κ1) is 14.2. The number of morpholine rings is 1. The Morgan fingerprint density at radius 3 is 2.89 bits per heavy atom. The fraction of sp³-hybridized carbons (Fsp3) is 0.923. The van der Waals surface area contributed by atoms with Crippen molar-refractivity contribution in [3.63, 3.8) is 0 Å². The first-order valence-electron chi connectivity index (χ1n) is 7.01. The molecular weight excluding hydrogens is 246 g/mol. The summed E-state index contributed by atoms with van der Waals surface area (Å²) in [5.74, 6) is 0.714. The van der Waals surface area contributed by atoms with Gasteiger partial charge in [-0.1, -0.05) is 25.6 Å². The molecule has 1 atom stereocenters. The second kappa shape index (κ2) is 7.36. The maximum absolute atomic E-state index is 5.34. The fourth-order valence-corrected chi connectivity index (χ4v) is 3.20. The van der Waals surface area contributed by atoms with E-state index >= 15 is 0 Å². The van der Waals surface area contributed by atoms with Crippen LogP contribution in [0.5, 0.6) is 0 Å². The number of hydrogen-bond acceptors (Lipinski definition) is 5. The maximum atomic E-state index is 5.34. The van der Waals surface area contributed by atoms with E-state index in [9.17, 15) is 0 Å². The van der Waals surface area contributed by atoms with Gasteiger partial charge >= 0.3 is 0 Å². The van der Waals surface area contributed by atoms with E-state index in [0.29, 0.717) is 11.2 Å². The monoisotopic (exact) mass is 271 g/mol. The lowest BCUT2D eigenvalue weighted by molar-refractivity contribution is 0.0376. The molecule has 2 aliphatic rings. The molecule has 5 heteroatoms. The van der Waals surface area contributed by atoms with Crippen LogP contribution in [0, 0.1) is 5.92 Å². The lowest BCUT2D eigenvalue weighted by atomic mass is 10.1. The Labute approximate surface area is 115 Å². The van der Waals surface area contributed by atoms with Crippen LogP contribution in [0.3, 0.4) is 0 Å². The molecule has 0 bridgehead atoms. The van der Waals surface area contributed by atoms with Crippen LogP contribution in [0.25, 0.3) is 0 Å². The summed E-state index contributed by atoms with van der Waals surface area (Å²) in [5, 5.41) is 5.28. The zero-order valence-corrected chi connectivity index (χ0v) is 12.3. The van der Waals surface area contributed by atoms with Crippen LogP contribution < -0.4 is 5.32 Å². The standard InChI is InChI=1S/C13H25N3OS/c1-11(2)12-10-15-13(18-12)14-4-3-5-16-6-8-17-9-7-16/h11-12H,3-10H2,1-2H3,(H,14,15). The molecule has 2 aliphatic heterocycles. The van der Waals surface area contributed by atoms with Crippen molar-refractivity contribution in [2.45, 2.75) is 25.5 Å². The molecule has 0 aromatic heterocycles. The number of amidine groups is 1. The normalized spacial score (nSPS) is 25.5. The van der Waals surface area contributed by atoms with Crippen LogP contribution in [0.15, 0.2) is 4.99 Å². The van der Waals surface area contributed by atoms with Crippen molar-refractivity contribution >= 4 is 16.9 Å². The third kappa shape index (κ3) is 4.44. The van der Waals surface area contributed by atoms with Crippen molar-refractivity contribution in [2.24, 2.45) is 10.9 Å². The molecule has 0 aliphatic carbocycles. The highest BCUT2D eigenvalue weighted by Gasteiger charge is 2.22. The first-order chi connectivity index (χ1) is 8.75. The van der Waals surface area contributed by atoms with Gasteiger partial charge < -0.3 is 10.1 Å². The number of nitrogens with one attached hydrogen (secondary N) is 1. The van der Waals surface area contributed by atoms with Crippen LogP contribution >= 0.6 is 11.8 Å². The summed E-state index contributed by atoms with van der Waals surface area (Å²) in [6.07, 6.45) is 1.19. The Balaban J connectivity index is 1.53. The molecule has 0 amide bonds. The van der Waals surface area contributed by atoms with Gasteiger partial charge in [0.1, 0.15) is 0 Å². The molecule has 1 saturated heterocycles. The molecule has 0 spiro atoms. The van der Waals surface area contributed by atoms with Gasteiger partial charge in [0.15, 0.2) is 5.17 Å². The third-order valence-electron chi connectivity index (χ3n) is 3.45. The van der Waals surface area contributed by atoms with Gasteiger partial charge in [0.2, 0.25) is 0 Å². The minimum absolute atomic E-state index is 0.673. The van der Waals surface area contributed by atoms with E-state index in [4.69, 9.17) is 4.74 Å². The van der Waals surface area contributed by atoms with E-state index in [-0.39, 0.29) is 0 Å². The molecular formula is C13H25N3OS. The molecule has 0 saturated carbocycles. The summed E-state index contributed by atoms with van der Waals surface area (Å²) in [5.41, 5.74) is 0. The Kier molecular flexibility index (Phi) is 5.79. The molecule has 4 nitrogen and oxygen atoms in total. The molecule has 0 radical (unpaired) electrons. The molecule has 1 N–H and O–H groups in total. The summed E-state index contributed by atoms with van der Waals surface area (Å²) in [4.78, 5) is 7.04. The average Bonchev–Trinajstić information content (AvgIpc) is 2.85. The molecule has 104 valence electrons. The molecule has 0 aromatic carbocycles. The number of rotatable bonds is 5. The SMILES string of the molecule is CC(C)C1CN=C(NCCCN2CCOCC2)S1. The maximum Gasteiger partial charge on any atom is 0.156 e. The minimum atomic E-state index is 0.673. The Bertz CT molecular complexity index is 277. The molecule has 0 aromatic rings. The zero-order chi connectivity index (χ0) is 12.8. The van der Waals surface area contributed by atoms with Crippen molar-refractivity contribution in [2.75, 3.05) is 45.9 Å². The number of aliphatic imine (C=N–C) groups is 1. The highest BCUT2D eigenvalue weighted by Crippen LogP contribution is 2.25. The van der Waals surface area contributed by atoms with Gasteiger partial charge in [-0.2, -0.15) is 0 Å². The second-order valence-corrected chi connectivity index (χ2v) is 6.51. The Morgan fingerprint density at radius 1 is 1.44 bits per heavy atom. The van der Waals surface area contributed by atoms with Gasteiger partial charge in [-0.15, -0.1) is 0 Å². The number of thioether (sulfide) groups is 1. The smallest absolute Gasteiger partial charge is 0.156 e.